The van der Waals surface area contributed by atoms with Crippen LogP contribution in [0.2, 0.25) is 0 Å². The Morgan fingerprint density at radius 1 is 1.14 bits per heavy atom. The summed E-state index contributed by atoms with van der Waals surface area (Å²) in [5.41, 5.74) is 1.67. The van der Waals surface area contributed by atoms with Gasteiger partial charge < -0.3 is 15.4 Å². The van der Waals surface area contributed by atoms with Crippen molar-refractivity contribution in [3.63, 3.8) is 0 Å². The minimum Gasteiger partial charge on any atom is -0.496 e. The Labute approximate surface area is 217 Å². The highest BCUT2D eigenvalue weighted by atomic mass is 32.2. The first-order chi connectivity index (χ1) is 17.4. The van der Waals surface area contributed by atoms with E-state index in [2.05, 4.69) is 15.7 Å². The lowest BCUT2D eigenvalue weighted by Crippen LogP contribution is -2.35. The van der Waals surface area contributed by atoms with E-state index in [9.17, 15) is 22.8 Å². The van der Waals surface area contributed by atoms with Crippen LogP contribution in [-0.2, 0) is 12.7 Å². The molecule has 3 rings (SSSR count). The van der Waals surface area contributed by atoms with Gasteiger partial charge in [0.05, 0.1) is 24.8 Å². The summed E-state index contributed by atoms with van der Waals surface area (Å²) in [6.45, 7) is 5.36. The lowest BCUT2D eigenvalue weighted by molar-refractivity contribution is -0.141. The molecule has 37 heavy (non-hydrogen) atoms. The van der Waals surface area contributed by atoms with Crippen LogP contribution in [-0.4, -0.2) is 46.8 Å². The van der Waals surface area contributed by atoms with Gasteiger partial charge in [0.15, 0.2) is 5.69 Å². The van der Waals surface area contributed by atoms with Gasteiger partial charge >= 0.3 is 6.18 Å². The highest BCUT2D eigenvalue weighted by Crippen LogP contribution is 2.29. The molecule has 0 saturated heterocycles. The highest BCUT2D eigenvalue weighted by molar-refractivity contribution is 7.98. The number of hydrogen-bond acceptors (Lipinski definition) is 5. The molecule has 0 unspecified atom stereocenters. The fourth-order valence-corrected chi connectivity index (χ4v) is 4.43. The maximum Gasteiger partial charge on any atom is 0.435 e. The van der Waals surface area contributed by atoms with E-state index >= 15 is 0 Å². The molecule has 198 valence electrons. The molecule has 11 heteroatoms. The van der Waals surface area contributed by atoms with Gasteiger partial charge in [-0.25, -0.2) is 0 Å². The van der Waals surface area contributed by atoms with Crippen molar-refractivity contribution in [1.29, 1.82) is 0 Å². The molecule has 2 aromatic carbocycles. The SMILES string of the molecule is COc1cccc(C(=O)Nc2ccc(Cn3nc(C(F)(F)F)cc3C)cc2C)c1C(=O)N[C@@H](C)CSC. The van der Waals surface area contributed by atoms with Crippen LogP contribution >= 0.6 is 11.8 Å². The second kappa shape index (κ2) is 11.7. The number of ether oxygens (including phenoxy) is 1. The maximum absolute atomic E-state index is 13.2. The van der Waals surface area contributed by atoms with Crippen molar-refractivity contribution in [3.05, 3.63) is 76.1 Å². The van der Waals surface area contributed by atoms with E-state index < -0.39 is 23.7 Å². The van der Waals surface area contributed by atoms with Crippen molar-refractivity contribution in [2.75, 3.05) is 24.4 Å². The van der Waals surface area contributed by atoms with Crippen LogP contribution in [0.25, 0.3) is 0 Å². The normalized spacial score (nSPS) is 12.2. The van der Waals surface area contributed by atoms with E-state index in [1.807, 2.05) is 13.2 Å². The van der Waals surface area contributed by atoms with Crippen molar-refractivity contribution in [2.24, 2.45) is 0 Å². The van der Waals surface area contributed by atoms with Gasteiger partial charge in [-0.15, -0.1) is 0 Å². The summed E-state index contributed by atoms with van der Waals surface area (Å²) in [4.78, 5) is 26.2. The highest BCUT2D eigenvalue weighted by Gasteiger charge is 2.34. The Kier molecular flexibility index (Phi) is 8.90. The third-order valence-electron chi connectivity index (χ3n) is 5.65. The number of aromatic nitrogens is 2. The zero-order valence-electron chi connectivity index (χ0n) is 21.2. The summed E-state index contributed by atoms with van der Waals surface area (Å²) in [6.07, 6.45) is -2.57. The van der Waals surface area contributed by atoms with E-state index in [4.69, 9.17) is 4.74 Å². The molecule has 3 aromatic rings. The summed E-state index contributed by atoms with van der Waals surface area (Å²) < 4.78 is 45.6. The fourth-order valence-electron chi connectivity index (χ4n) is 3.85. The predicted octanol–water partition coefficient (Wildman–Crippen LogP) is 5.31. The van der Waals surface area contributed by atoms with Crippen LogP contribution in [0.3, 0.4) is 0 Å². The summed E-state index contributed by atoms with van der Waals surface area (Å²) in [6, 6.07) is 10.9. The van der Waals surface area contributed by atoms with Gasteiger partial charge in [-0.1, -0.05) is 18.2 Å². The Balaban J connectivity index is 1.82. The molecular weight excluding hydrogens is 505 g/mol. The van der Waals surface area contributed by atoms with Crippen molar-refractivity contribution in [1.82, 2.24) is 15.1 Å². The molecule has 1 heterocycles. The number of aryl methyl sites for hydroxylation is 2. The zero-order chi connectivity index (χ0) is 27.3. The number of hydrogen-bond donors (Lipinski definition) is 2. The fraction of sp³-hybridized carbons (Fsp3) is 0.346. The van der Waals surface area contributed by atoms with E-state index in [0.29, 0.717) is 22.7 Å². The first-order valence-electron chi connectivity index (χ1n) is 11.4. The average molecular weight is 535 g/mol. The molecule has 7 nitrogen and oxygen atoms in total. The minimum atomic E-state index is -4.51. The second-order valence-corrected chi connectivity index (χ2v) is 9.55. The summed E-state index contributed by atoms with van der Waals surface area (Å²) >= 11 is 1.59. The Bertz CT molecular complexity index is 1290. The zero-order valence-corrected chi connectivity index (χ0v) is 22.0. The summed E-state index contributed by atoms with van der Waals surface area (Å²) in [5, 5.41) is 9.38. The molecule has 2 amide bonds. The summed E-state index contributed by atoms with van der Waals surface area (Å²) in [5.74, 6) is 0.0874. The number of benzene rings is 2. The summed E-state index contributed by atoms with van der Waals surface area (Å²) in [7, 11) is 1.43. The number of thioether (sulfide) groups is 1. The first-order valence-corrected chi connectivity index (χ1v) is 12.8. The van der Waals surface area contributed by atoms with Gasteiger partial charge in [-0.3, -0.25) is 14.3 Å². The van der Waals surface area contributed by atoms with Crippen molar-refractivity contribution in [2.45, 2.75) is 39.5 Å². The topological polar surface area (TPSA) is 85.2 Å². The average Bonchev–Trinajstić information content (AvgIpc) is 3.20. The maximum atomic E-state index is 13.2. The molecular formula is C26H29F3N4O3S. The van der Waals surface area contributed by atoms with Gasteiger partial charge in [0.2, 0.25) is 0 Å². The number of nitrogens with one attached hydrogen (secondary N) is 2. The number of anilines is 1. The first kappa shape index (κ1) is 28.1. The van der Waals surface area contributed by atoms with E-state index in [1.165, 1.54) is 11.8 Å². The largest absolute Gasteiger partial charge is 0.496 e. The van der Waals surface area contributed by atoms with E-state index in [1.54, 1.807) is 62.0 Å². The van der Waals surface area contributed by atoms with Crippen LogP contribution in [0.4, 0.5) is 18.9 Å². The third kappa shape index (κ3) is 6.85. The molecule has 1 atom stereocenters. The monoisotopic (exact) mass is 534 g/mol. The molecule has 2 N–H and O–H groups in total. The molecule has 0 fully saturated rings. The van der Waals surface area contributed by atoms with Crippen molar-refractivity contribution >= 4 is 29.3 Å². The molecule has 0 aliphatic heterocycles. The molecule has 0 saturated carbocycles. The smallest absolute Gasteiger partial charge is 0.435 e. The number of halogens is 3. The van der Waals surface area contributed by atoms with Crippen LogP contribution in [0, 0.1) is 13.8 Å². The number of amides is 2. The Morgan fingerprint density at radius 2 is 1.86 bits per heavy atom. The van der Waals surface area contributed by atoms with Gasteiger partial charge in [-0.05, 0) is 62.4 Å². The number of alkyl halides is 3. The van der Waals surface area contributed by atoms with Gasteiger partial charge in [0, 0.05) is 23.2 Å². The van der Waals surface area contributed by atoms with E-state index in [0.717, 1.165) is 11.6 Å². The molecule has 0 spiro atoms. The molecule has 1 aromatic heterocycles. The molecule has 0 bridgehead atoms. The lowest BCUT2D eigenvalue weighted by Gasteiger charge is -2.17. The van der Waals surface area contributed by atoms with Gasteiger partial charge in [0.1, 0.15) is 5.75 Å². The molecule has 0 radical (unpaired) electrons. The van der Waals surface area contributed by atoms with Crippen molar-refractivity contribution < 1.29 is 27.5 Å². The van der Waals surface area contributed by atoms with Crippen LogP contribution in [0.5, 0.6) is 5.75 Å². The number of methoxy groups -OCH3 is 1. The van der Waals surface area contributed by atoms with Gasteiger partial charge in [0.25, 0.3) is 11.8 Å². The number of rotatable bonds is 9. The molecule has 0 aliphatic rings. The van der Waals surface area contributed by atoms with E-state index in [-0.39, 0.29) is 29.5 Å². The number of carbonyl (C=O) groups is 2. The minimum absolute atomic E-state index is 0.108. The quantitative estimate of drug-likeness (QED) is 0.389. The number of carbonyl (C=O) groups excluding carboxylic acids is 2. The van der Waals surface area contributed by atoms with Crippen LogP contribution in [0.15, 0.2) is 42.5 Å². The van der Waals surface area contributed by atoms with Gasteiger partial charge in [-0.2, -0.15) is 30.0 Å². The van der Waals surface area contributed by atoms with Crippen molar-refractivity contribution in [3.8, 4) is 5.75 Å². The molecule has 0 aliphatic carbocycles. The predicted molar refractivity (Wildman–Crippen MR) is 139 cm³/mol. The van der Waals surface area contributed by atoms with Crippen LogP contribution in [0.1, 0.15) is 50.2 Å². The van der Waals surface area contributed by atoms with Crippen LogP contribution < -0.4 is 15.4 Å². The Hall–Kier alpha value is -3.47. The standard InChI is InChI=1S/C26H29F3N4O3S/c1-15-11-18(13-33-17(3)12-22(32-33)26(27,28)29)9-10-20(15)31-24(34)19-7-6-8-21(36-4)23(19)25(35)30-16(2)14-37-5/h6-12,16H,13-14H2,1-5H3,(H,30,35)(H,31,34)/t16-/m0/s1. The third-order valence-corrected chi connectivity index (χ3v) is 6.49. The Morgan fingerprint density at radius 3 is 2.46 bits per heavy atom. The second-order valence-electron chi connectivity index (χ2n) is 8.64. The number of nitrogens with zero attached hydrogens (tertiary/aromatic N) is 2. The lowest BCUT2D eigenvalue weighted by atomic mass is 10.0.